The summed E-state index contributed by atoms with van der Waals surface area (Å²) in [6.45, 7) is 7.32. The summed E-state index contributed by atoms with van der Waals surface area (Å²) in [6, 6.07) is 0. The van der Waals surface area contributed by atoms with Crippen molar-refractivity contribution in [2.75, 3.05) is 5.33 Å². The molecule has 3 nitrogen and oxygen atoms in total. The summed E-state index contributed by atoms with van der Waals surface area (Å²) in [5, 5.41) is 0.141. The zero-order valence-corrected chi connectivity index (χ0v) is 11.9. The zero-order valence-electron chi connectivity index (χ0n) is 10.3. The molecule has 0 aromatic heterocycles. The Balaban J connectivity index is 4.77. The van der Waals surface area contributed by atoms with Crippen LogP contribution in [0.5, 0.6) is 0 Å². The molecule has 0 saturated carbocycles. The fourth-order valence-corrected chi connectivity index (χ4v) is 1.31. The van der Waals surface area contributed by atoms with Crippen LogP contribution in [0.25, 0.3) is 0 Å². The van der Waals surface area contributed by atoms with Gasteiger partial charge < -0.3 is 4.74 Å². The summed E-state index contributed by atoms with van der Waals surface area (Å²) in [6.07, 6.45) is 3.24. The zero-order chi connectivity index (χ0) is 12.8. The lowest BCUT2D eigenvalue weighted by Crippen LogP contribution is -2.27. The highest BCUT2D eigenvalue weighted by atomic mass is 79.9. The minimum atomic E-state index is -0.574. The molecule has 0 saturated heterocycles. The summed E-state index contributed by atoms with van der Waals surface area (Å²) in [5.74, 6) is -0.770. The highest BCUT2D eigenvalue weighted by Gasteiger charge is 2.23. The smallest absolute Gasteiger partial charge is 0.341 e. The van der Waals surface area contributed by atoms with Crippen LogP contribution in [0.15, 0.2) is 11.6 Å². The molecular formula is C12H19BrO3. The molecule has 92 valence electrons. The monoisotopic (exact) mass is 290 g/mol. The van der Waals surface area contributed by atoms with Crippen molar-refractivity contribution in [2.45, 2.75) is 46.1 Å². The number of carbonyl (C=O) groups is 2. The SMILES string of the molecule is CCCC=C(C(=O)CBr)C(=O)OC(C)(C)C. The molecule has 0 aliphatic heterocycles. The third kappa shape index (κ3) is 6.05. The van der Waals surface area contributed by atoms with Crippen molar-refractivity contribution in [1.29, 1.82) is 0 Å². The van der Waals surface area contributed by atoms with E-state index in [1.807, 2.05) is 6.92 Å². The predicted octanol–water partition coefficient (Wildman–Crippen LogP) is 3.02. The van der Waals surface area contributed by atoms with E-state index >= 15 is 0 Å². The molecule has 0 unspecified atom stereocenters. The molecule has 0 aliphatic rings. The number of halogens is 1. The maximum atomic E-state index is 11.7. The molecule has 0 N–H and O–H groups in total. The van der Waals surface area contributed by atoms with Gasteiger partial charge in [0.15, 0.2) is 5.78 Å². The number of ketones is 1. The summed E-state index contributed by atoms with van der Waals surface area (Å²) < 4.78 is 5.17. The largest absolute Gasteiger partial charge is 0.456 e. The van der Waals surface area contributed by atoms with Crippen LogP contribution in [-0.2, 0) is 14.3 Å². The number of hydrogen-bond donors (Lipinski definition) is 0. The van der Waals surface area contributed by atoms with Crippen molar-refractivity contribution >= 4 is 27.7 Å². The quantitative estimate of drug-likeness (QED) is 0.257. The number of hydrogen-bond acceptors (Lipinski definition) is 3. The molecule has 0 amide bonds. The van der Waals surface area contributed by atoms with E-state index in [9.17, 15) is 9.59 Å². The summed E-state index contributed by atoms with van der Waals surface area (Å²) in [4.78, 5) is 23.3. The van der Waals surface area contributed by atoms with Gasteiger partial charge in [-0.2, -0.15) is 0 Å². The first-order chi connectivity index (χ1) is 7.31. The van der Waals surface area contributed by atoms with Crippen LogP contribution in [0, 0.1) is 0 Å². The Hall–Kier alpha value is -0.640. The molecule has 4 heteroatoms. The van der Waals surface area contributed by atoms with Gasteiger partial charge in [0.1, 0.15) is 5.60 Å². The number of esters is 1. The van der Waals surface area contributed by atoms with E-state index in [1.165, 1.54) is 0 Å². The second-order valence-electron chi connectivity index (χ2n) is 4.47. The van der Waals surface area contributed by atoms with Gasteiger partial charge in [-0.25, -0.2) is 4.79 Å². The molecule has 0 rings (SSSR count). The second-order valence-corrected chi connectivity index (χ2v) is 5.03. The first-order valence-electron chi connectivity index (χ1n) is 5.34. The fourth-order valence-electron chi connectivity index (χ4n) is 1.00. The van der Waals surface area contributed by atoms with Crippen LogP contribution in [0.4, 0.5) is 0 Å². The number of Topliss-reactive ketones (excluding diaryl/α,β-unsaturated/α-hetero) is 1. The van der Waals surface area contributed by atoms with E-state index in [0.29, 0.717) is 6.42 Å². The molecule has 16 heavy (non-hydrogen) atoms. The van der Waals surface area contributed by atoms with Gasteiger partial charge in [0.25, 0.3) is 0 Å². The molecule has 0 aromatic rings. The average Bonchev–Trinajstić information content (AvgIpc) is 2.15. The summed E-state index contributed by atoms with van der Waals surface area (Å²) in [7, 11) is 0. The lowest BCUT2D eigenvalue weighted by atomic mass is 10.1. The van der Waals surface area contributed by atoms with Crippen molar-refractivity contribution in [1.82, 2.24) is 0 Å². The lowest BCUT2D eigenvalue weighted by molar-refractivity contribution is -0.150. The maximum absolute atomic E-state index is 11.7. The first-order valence-corrected chi connectivity index (χ1v) is 6.46. The Bertz CT molecular complexity index is 287. The number of unbranched alkanes of at least 4 members (excludes halogenated alkanes) is 1. The van der Waals surface area contributed by atoms with Gasteiger partial charge in [-0.05, 0) is 27.2 Å². The number of carbonyl (C=O) groups excluding carboxylic acids is 2. The molecule has 0 radical (unpaired) electrons. The molecular weight excluding hydrogens is 272 g/mol. The summed E-state index contributed by atoms with van der Waals surface area (Å²) in [5.41, 5.74) is -0.428. The van der Waals surface area contributed by atoms with Gasteiger partial charge in [0.05, 0.1) is 10.9 Å². The molecule has 0 aliphatic carbocycles. The van der Waals surface area contributed by atoms with Gasteiger partial charge >= 0.3 is 5.97 Å². The van der Waals surface area contributed by atoms with E-state index in [-0.39, 0.29) is 16.7 Å². The molecule has 0 fully saturated rings. The maximum Gasteiger partial charge on any atom is 0.341 e. The number of ether oxygens (including phenoxy) is 1. The Morgan fingerprint density at radius 3 is 2.25 bits per heavy atom. The lowest BCUT2D eigenvalue weighted by Gasteiger charge is -2.20. The van der Waals surface area contributed by atoms with E-state index in [0.717, 1.165) is 6.42 Å². The Kier molecular flexibility index (Phi) is 6.56. The van der Waals surface area contributed by atoms with Crippen molar-refractivity contribution < 1.29 is 14.3 Å². The summed E-state index contributed by atoms with van der Waals surface area (Å²) >= 11 is 3.06. The Morgan fingerprint density at radius 1 is 1.31 bits per heavy atom. The number of alkyl halides is 1. The molecule has 0 bridgehead atoms. The first kappa shape index (κ1) is 15.4. The van der Waals surface area contributed by atoms with Crippen molar-refractivity contribution in [3.63, 3.8) is 0 Å². The minimum absolute atomic E-state index is 0.141. The highest BCUT2D eigenvalue weighted by Crippen LogP contribution is 2.13. The highest BCUT2D eigenvalue weighted by molar-refractivity contribution is 9.09. The predicted molar refractivity (Wildman–Crippen MR) is 67.6 cm³/mol. The fraction of sp³-hybridized carbons (Fsp3) is 0.667. The molecule has 0 aromatic carbocycles. The van der Waals surface area contributed by atoms with E-state index in [4.69, 9.17) is 4.74 Å². The second kappa shape index (κ2) is 6.84. The van der Waals surface area contributed by atoms with E-state index < -0.39 is 11.6 Å². The van der Waals surface area contributed by atoms with Crippen molar-refractivity contribution in [2.24, 2.45) is 0 Å². The van der Waals surface area contributed by atoms with Gasteiger partial charge in [-0.1, -0.05) is 35.4 Å². The van der Waals surface area contributed by atoms with Crippen LogP contribution in [0.2, 0.25) is 0 Å². The third-order valence-electron chi connectivity index (χ3n) is 1.68. The normalized spacial score (nSPS) is 12.4. The van der Waals surface area contributed by atoms with E-state index in [1.54, 1.807) is 26.8 Å². The molecule has 0 heterocycles. The van der Waals surface area contributed by atoms with Gasteiger partial charge in [0, 0.05) is 0 Å². The minimum Gasteiger partial charge on any atom is -0.456 e. The van der Waals surface area contributed by atoms with Gasteiger partial charge in [0.2, 0.25) is 0 Å². The molecule has 0 atom stereocenters. The van der Waals surface area contributed by atoms with E-state index in [2.05, 4.69) is 15.9 Å². The third-order valence-corrected chi connectivity index (χ3v) is 2.19. The Morgan fingerprint density at radius 2 is 1.88 bits per heavy atom. The molecule has 0 spiro atoms. The van der Waals surface area contributed by atoms with Crippen LogP contribution >= 0.6 is 15.9 Å². The van der Waals surface area contributed by atoms with Crippen molar-refractivity contribution in [3.05, 3.63) is 11.6 Å². The van der Waals surface area contributed by atoms with Gasteiger partial charge in [-0.15, -0.1) is 0 Å². The average molecular weight is 291 g/mol. The number of allylic oxidation sites excluding steroid dienone is 1. The standard InChI is InChI=1S/C12H19BrO3/c1-5-6-7-9(10(14)8-13)11(15)16-12(2,3)4/h7H,5-6,8H2,1-4H3. The van der Waals surface area contributed by atoms with Gasteiger partial charge in [-0.3, -0.25) is 4.79 Å². The Labute approximate surface area is 105 Å². The van der Waals surface area contributed by atoms with Crippen LogP contribution in [0.3, 0.4) is 0 Å². The van der Waals surface area contributed by atoms with Crippen LogP contribution in [-0.4, -0.2) is 22.7 Å². The van der Waals surface area contributed by atoms with Crippen molar-refractivity contribution in [3.8, 4) is 0 Å². The van der Waals surface area contributed by atoms with Crippen LogP contribution < -0.4 is 0 Å². The van der Waals surface area contributed by atoms with Crippen LogP contribution in [0.1, 0.15) is 40.5 Å². The number of rotatable bonds is 5. The topological polar surface area (TPSA) is 43.4 Å².